The summed E-state index contributed by atoms with van der Waals surface area (Å²) < 4.78 is 0. The van der Waals surface area contributed by atoms with Gasteiger partial charge in [0.05, 0.1) is 0 Å². The van der Waals surface area contributed by atoms with E-state index < -0.39 is 17.9 Å². The predicted molar refractivity (Wildman–Crippen MR) is 74.6 cm³/mol. The summed E-state index contributed by atoms with van der Waals surface area (Å²) in [5.74, 6) is -1.58. The lowest BCUT2D eigenvalue weighted by Crippen LogP contribution is -2.43. The minimum atomic E-state index is -1.02. The summed E-state index contributed by atoms with van der Waals surface area (Å²) in [7, 11) is 0. The Kier molecular flexibility index (Phi) is 5.30. The van der Waals surface area contributed by atoms with Crippen molar-refractivity contribution in [1.82, 2.24) is 5.32 Å². The van der Waals surface area contributed by atoms with E-state index in [1.807, 2.05) is 31.2 Å². The van der Waals surface area contributed by atoms with Crippen LogP contribution in [-0.2, 0) is 9.59 Å². The molecule has 1 aromatic carbocycles. The van der Waals surface area contributed by atoms with E-state index >= 15 is 0 Å². The number of carbonyl (C=O) groups is 2. The highest BCUT2D eigenvalue weighted by Gasteiger charge is 2.22. The molecule has 0 aliphatic carbocycles. The zero-order valence-electron chi connectivity index (χ0n) is 11.4. The van der Waals surface area contributed by atoms with Crippen molar-refractivity contribution in [3.05, 3.63) is 41.5 Å². The highest BCUT2D eigenvalue weighted by molar-refractivity contribution is 5.94. The van der Waals surface area contributed by atoms with Crippen LogP contribution in [0.5, 0.6) is 0 Å². The first kappa shape index (κ1) is 15.0. The quantitative estimate of drug-likeness (QED) is 0.799. The van der Waals surface area contributed by atoms with Crippen LogP contribution in [0.25, 0.3) is 6.08 Å². The van der Waals surface area contributed by atoms with Gasteiger partial charge in [-0.2, -0.15) is 0 Å². The number of aliphatic carboxylic acids is 1. The third kappa shape index (κ3) is 4.95. The third-order valence-electron chi connectivity index (χ3n) is 2.73. The molecule has 1 aromatic rings. The number of carbonyl (C=O) groups excluding carboxylic acids is 1. The van der Waals surface area contributed by atoms with E-state index in [-0.39, 0.29) is 5.92 Å². The molecule has 102 valence electrons. The molecule has 0 aromatic heterocycles. The van der Waals surface area contributed by atoms with Gasteiger partial charge >= 0.3 is 5.97 Å². The van der Waals surface area contributed by atoms with Crippen molar-refractivity contribution in [3.63, 3.8) is 0 Å². The Labute approximate surface area is 113 Å². The summed E-state index contributed by atoms with van der Waals surface area (Å²) in [5.41, 5.74) is 2.05. The number of carboxylic acids is 1. The van der Waals surface area contributed by atoms with Gasteiger partial charge in [0.15, 0.2) is 0 Å². The van der Waals surface area contributed by atoms with E-state index in [9.17, 15) is 9.59 Å². The number of carboxylic acid groups (broad SMARTS) is 1. The molecule has 0 saturated heterocycles. The minimum Gasteiger partial charge on any atom is -0.480 e. The van der Waals surface area contributed by atoms with E-state index in [0.717, 1.165) is 11.1 Å². The molecular formula is C15H19NO3. The summed E-state index contributed by atoms with van der Waals surface area (Å²) >= 11 is 0. The summed E-state index contributed by atoms with van der Waals surface area (Å²) in [6, 6.07) is 6.83. The Morgan fingerprint density at radius 2 is 1.79 bits per heavy atom. The van der Waals surface area contributed by atoms with Crippen molar-refractivity contribution in [1.29, 1.82) is 0 Å². The van der Waals surface area contributed by atoms with Crippen LogP contribution >= 0.6 is 0 Å². The summed E-state index contributed by atoms with van der Waals surface area (Å²) in [4.78, 5) is 22.6. The van der Waals surface area contributed by atoms with Crippen LogP contribution in [0.1, 0.15) is 25.0 Å². The van der Waals surface area contributed by atoms with Crippen molar-refractivity contribution in [2.75, 3.05) is 0 Å². The number of rotatable bonds is 5. The van der Waals surface area contributed by atoms with Crippen LogP contribution in [0.2, 0.25) is 0 Å². The lowest BCUT2D eigenvalue weighted by Gasteiger charge is -2.16. The second kappa shape index (κ2) is 6.73. The molecule has 1 amide bonds. The number of benzene rings is 1. The second-order valence-corrected chi connectivity index (χ2v) is 4.81. The van der Waals surface area contributed by atoms with E-state index in [2.05, 4.69) is 5.32 Å². The Bertz CT molecular complexity index is 475. The second-order valence-electron chi connectivity index (χ2n) is 4.81. The molecule has 0 heterocycles. The number of nitrogens with one attached hydrogen (secondary N) is 1. The molecule has 0 aliphatic heterocycles. The van der Waals surface area contributed by atoms with Gasteiger partial charge in [0, 0.05) is 6.08 Å². The Morgan fingerprint density at radius 1 is 1.21 bits per heavy atom. The molecule has 0 radical (unpaired) electrons. The van der Waals surface area contributed by atoms with Gasteiger partial charge in [0.1, 0.15) is 6.04 Å². The molecule has 0 spiro atoms. The SMILES string of the molecule is Cc1ccc(C=CC(=O)N[C@@H](C(=O)O)C(C)C)cc1. The molecule has 4 nitrogen and oxygen atoms in total. The normalized spacial score (nSPS) is 12.6. The third-order valence-corrected chi connectivity index (χ3v) is 2.73. The van der Waals surface area contributed by atoms with Crippen LogP contribution < -0.4 is 5.32 Å². The molecule has 2 N–H and O–H groups in total. The molecule has 1 atom stereocenters. The number of amides is 1. The average molecular weight is 261 g/mol. The zero-order chi connectivity index (χ0) is 14.4. The van der Waals surface area contributed by atoms with E-state index in [0.29, 0.717) is 0 Å². The molecule has 1 rings (SSSR count). The first-order valence-electron chi connectivity index (χ1n) is 6.18. The largest absolute Gasteiger partial charge is 0.480 e. The maximum atomic E-state index is 11.6. The zero-order valence-corrected chi connectivity index (χ0v) is 11.4. The monoisotopic (exact) mass is 261 g/mol. The summed E-state index contributed by atoms with van der Waals surface area (Å²) in [6.07, 6.45) is 3.01. The fraction of sp³-hybridized carbons (Fsp3) is 0.333. The molecule has 0 saturated carbocycles. The number of hydrogen-bond donors (Lipinski definition) is 2. The summed E-state index contributed by atoms with van der Waals surface area (Å²) in [5, 5.41) is 11.4. The van der Waals surface area contributed by atoms with Gasteiger partial charge in [-0.25, -0.2) is 4.79 Å². The van der Waals surface area contributed by atoms with Crippen LogP contribution in [0.15, 0.2) is 30.3 Å². The molecule has 0 bridgehead atoms. The van der Waals surface area contributed by atoms with Crippen LogP contribution in [0.4, 0.5) is 0 Å². The molecule has 19 heavy (non-hydrogen) atoms. The van der Waals surface area contributed by atoms with Crippen molar-refractivity contribution in [2.24, 2.45) is 5.92 Å². The highest BCUT2D eigenvalue weighted by Crippen LogP contribution is 2.05. The number of aryl methyl sites for hydroxylation is 1. The van der Waals surface area contributed by atoms with E-state index in [1.165, 1.54) is 6.08 Å². The lowest BCUT2D eigenvalue weighted by molar-refractivity contribution is -0.142. The molecule has 0 fully saturated rings. The lowest BCUT2D eigenvalue weighted by atomic mass is 10.0. The Balaban J connectivity index is 2.64. The van der Waals surface area contributed by atoms with Gasteiger partial charge in [-0.05, 0) is 24.5 Å². The van der Waals surface area contributed by atoms with Gasteiger partial charge in [0.25, 0.3) is 0 Å². The Hall–Kier alpha value is -2.10. The fourth-order valence-corrected chi connectivity index (χ4v) is 1.56. The molecule has 0 unspecified atom stereocenters. The fourth-order valence-electron chi connectivity index (χ4n) is 1.56. The van der Waals surface area contributed by atoms with Gasteiger partial charge in [-0.3, -0.25) is 4.79 Å². The highest BCUT2D eigenvalue weighted by atomic mass is 16.4. The molecule has 0 aliphatic rings. The molecule has 4 heteroatoms. The first-order valence-corrected chi connectivity index (χ1v) is 6.18. The van der Waals surface area contributed by atoms with Crippen molar-refractivity contribution in [2.45, 2.75) is 26.8 Å². The average Bonchev–Trinajstić information content (AvgIpc) is 2.34. The van der Waals surface area contributed by atoms with Gasteiger partial charge < -0.3 is 10.4 Å². The van der Waals surface area contributed by atoms with Crippen molar-refractivity contribution < 1.29 is 14.7 Å². The van der Waals surface area contributed by atoms with Crippen LogP contribution in [-0.4, -0.2) is 23.0 Å². The molecular weight excluding hydrogens is 242 g/mol. The van der Waals surface area contributed by atoms with Gasteiger partial charge in [0.2, 0.25) is 5.91 Å². The first-order chi connectivity index (χ1) is 8.90. The van der Waals surface area contributed by atoms with Gasteiger partial charge in [-0.1, -0.05) is 43.7 Å². The van der Waals surface area contributed by atoms with Crippen molar-refractivity contribution >= 4 is 18.0 Å². The van der Waals surface area contributed by atoms with E-state index in [1.54, 1.807) is 19.9 Å². The summed E-state index contributed by atoms with van der Waals surface area (Å²) in [6.45, 7) is 5.49. The standard InChI is InChI=1S/C15H19NO3/c1-10(2)14(15(18)19)16-13(17)9-8-12-6-4-11(3)5-7-12/h4-10,14H,1-3H3,(H,16,17)(H,18,19)/t14-/m1/s1. The maximum Gasteiger partial charge on any atom is 0.326 e. The van der Waals surface area contributed by atoms with Crippen LogP contribution in [0.3, 0.4) is 0 Å². The topological polar surface area (TPSA) is 66.4 Å². The Morgan fingerprint density at radius 3 is 2.26 bits per heavy atom. The van der Waals surface area contributed by atoms with Crippen LogP contribution in [0, 0.1) is 12.8 Å². The van der Waals surface area contributed by atoms with E-state index in [4.69, 9.17) is 5.11 Å². The van der Waals surface area contributed by atoms with Crippen molar-refractivity contribution in [3.8, 4) is 0 Å². The maximum absolute atomic E-state index is 11.6. The predicted octanol–water partition coefficient (Wildman–Crippen LogP) is 2.23. The van der Waals surface area contributed by atoms with Gasteiger partial charge in [-0.15, -0.1) is 0 Å². The minimum absolute atomic E-state index is 0.158. The number of hydrogen-bond acceptors (Lipinski definition) is 2. The smallest absolute Gasteiger partial charge is 0.326 e.